The summed E-state index contributed by atoms with van der Waals surface area (Å²) in [5.41, 5.74) is 4.40. The van der Waals surface area contributed by atoms with Gasteiger partial charge in [-0.25, -0.2) is 0 Å². The molecule has 1 unspecified atom stereocenters. The second-order valence-corrected chi connectivity index (χ2v) is 5.88. The number of rotatable bonds is 2. The van der Waals surface area contributed by atoms with Gasteiger partial charge in [0.15, 0.2) is 0 Å². The maximum atomic E-state index is 4.31. The van der Waals surface area contributed by atoms with E-state index in [0.29, 0.717) is 5.92 Å². The maximum absolute atomic E-state index is 4.31. The van der Waals surface area contributed by atoms with E-state index in [4.69, 9.17) is 0 Å². The zero-order chi connectivity index (χ0) is 12.6. The summed E-state index contributed by atoms with van der Waals surface area (Å²) in [7, 11) is 0. The smallest absolute Gasteiger partial charge is 0.370 e. The Balaban J connectivity index is 0.00000162. The summed E-state index contributed by atoms with van der Waals surface area (Å²) in [6.45, 7) is 16.9. The van der Waals surface area contributed by atoms with E-state index in [1.54, 1.807) is 0 Å². The summed E-state index contributed by atoms with van der Waals surface area (Å²) < 4.78 is 0. The van der Waals surface area contributed by atoms with Crippen LogP contribution in [0.4, 0.5) is 5.69 Å². The Morgan fingerprint density at radius 2 is 2.11 bits per heavy atom. The molecule has 18 heavy (non-hydrogen) atoms. The molecule has 2 heteroatoms. The molecule has 0 saturated carbocycles. The first-order chi connectivity index (χ1) is 7.95. The van der Waals surface area contributed by atoms with E-state index >= 15 is 0 Å². The van der Waals surface area contributed by atoms with Crippen LogP contribution in [0, 0.1) is 6.92 Å². The van der Waals surface area contributed by atoms with Crippen molar-refractivity contribution in [3.8, 4) is 0 Å². The van der Waals surface area contributed by atoms with Crippen molar-refractivity contribution < 1.29 is 18.9 Å². The number of hydrogen-bond donors (Lipinski definition) is 0. The van der Waals surface area contributed by atoms with Gasteiger partial charge in [0.1, 0.15) is 0 Å². The first-order valence-corrected chi connectivity index (χ1v) is 6.27. The molecule has 1 aliphatic rings. The SMILES string of the molecule is C=CCN1CC([CH2-])c2c1cccc2C(C)(C)C.[Li+]. The van der Waals surface area contributed by atoms with E-state index in [2.05, 4.69) is 57.4 Å². The minimum atomic E-state index is 0. The van der Waals surface area contributed by atoms with E-state index in [1.807, 2.05) is 6.08 Å². The van der Waals surface area contributed by atoms with Crippen molar-refractivity contribution in [2.75, 3.05) is 18.0 Å². The molecule has 0 fully saturated rings. The van der Waals surface area contributed by atoms with Crippen molar-refractivity contribution in [2.24, 2.45) is 0 Å². The summed E-state index contributed by atoms with van der Waals surface area (Å²) in [4.78, 5) is 2.37. The van der Waals surface area contributed by atoms with E-state index in [1.165, 1.54) is 16.8 Å². The monoisotopic (exact) mass is 235 g/mol. The first kappa shape index (κ1) is 15.4. The minimum Gasteiger partial charge on any atom is -0.370 e. The second kappa shape index (κ2) is 5.55. The van der Waals surface area contributed by atoms with Crippen LogP contribution in [0.15, 0.2) is 30.9 Å². The van der Waals surface area contributed by atoms with Crippen molar-refractivity contribution in [2.45, 2.75) is 32.1 Å². The Hall–Kier alpha value is -0.643. The fraction of sp³-hybridized carbons (Fsp3) is 0.438. The third-order valence-corrected chi connectivity index (χ3v) is 3.43. The van der Waals surface area contributed by atoms with Crippen molar-refractivity contribution >= 4 is 5.69 Å². The maximum Gasteiger partial charge on any atom is 1.00 e. The van der Waals surface area contributed by atoms with Gasteiger partial charge in [-0.1, -0.05) is 39.0 Å². The van der Waals surface area contributed by atoms with Crippen molar-refractivity contribution in [1.82, 2.24) is 0 Å². The summed E-state index contributed by atoms with van der Waals surface area (Å²) in [5, 5.41) is 0. The van der Waals surface area contributed by atoms with Crippen LogP contribution < -0.4 is 23.8 Å². The van der Waals surface area contributed by atoms with Gasteiger partial charge in [-0.05, 0) is 29.2 Å². The Kier molecular flexibility index (Phi) is 4.76. The summed E-state index contributed by atoms with van der Waals surface area (Å²) in [6, 6.07) is 6.61. The quantitative estimate of drug-likeness (QED) is 0.418. The van der Waals surface area contributed by atoms with Gasteiger partial charge >= 0.3 is 18.9 Å². The standard InChI is InChI=1S/C16H22N.Li/c1-6-10-17-11-12(2)15-13(16(3,4)5)8-7-9-14(15)17;/h6-9,12H,1-2,10-11H2,3-5H3;/q-1;+1. The molecule has 1 aliphatic heterocycles. The molecule has 1 heterocycles. The average molecular weight is 235 g/mol. The zero-order valence-corrected chi connectivity index (χ0v) is 12.2. The van der Waals surface area contributed by atoms with Gasteiger partial charge < -0.3 is 11.8 Å². The summed E-state index contributed by atoms with van der Waals surface area (Å²) in [5.74, 6) is 0.375. The molecule has 0 spiro atoms. The molecule has 92 valence electrons. The van der Waals surface area contributed by atoms with Crippen LogP contribution in [0.5, 0.6) is 0 Å². The molecule has 1 aromatic rings. The van der Waals surface area contributed by atoms with E-state index in [-0.39, 0.29) is 24.3 Å². The van der Waals surface area contributed by atoms with Crippen LogP contribution in [0.1, 0.15) is 37.8 Å². The molecule has 0 bridgehead atoms. The van der Waals surface area contributed by atoms with E-state index in [9.17, 15) is 0 Å². The molecule has 1 aromatic carbocycles. The number of nitrogens with zero attached hydrogens (tertiary/aromatic N) is 1. The topological polar surface area (TPSA) is 3.24 Å². The molecule has 2 rings (SSSR count). The van der Waals surface area contributed by atoms with Gasteiger partial charge in [-0.15, -0.1) is 12.5 Å². The molecular formula is C16H22LiN. The van der Waals surface area contributed by atoms with Crippen molar-refractivity contribution in [1.29, 1.82) is 0 Å². The fourth-order valence-corrected chi connectivity index (χ4v) is 2.70. The van der Waals surface area contributed by atoms with Crippen LogP contribution in [0.2, 0.25) is 0 Å². The number of anilines is 1. The van der Waals surface area contributed by atoms with Crippen LogP contribution >= 0.6 is 0 Å². The number of benzene rings is 1. The Morgan fingerprint density at radius 3 is 2.67 bits per heavy atom. The van der Waals surface area contributed by atoms with Gasteiger partial charge in [-0.3, -0.25) is 0 Å². The normalized spacial score (nSPS) is 18.2. The van der Waals surface area contributed by atoms with Crippen LogP contribution in [-0.2, 0) is 5.41 Å². The van der Waals surface area contributed by atoms with E-state index in [0.717, 1.165) is 13.1 Å². The minimum absolute atomic E-state index is 0. The molecule has 0 aromatic heterocycles. The van der Waals surface area contributed by atoms with Gasteiger partial charge in [0, 0.05) is 12.2 Å². The van der Waals surface area contributed by atoms with Gasteiger partial charge in [0.25, 0.3) is 0 Å². The predicted molar refractivity (Wildman–Crippen MR) is 75.7 cm³/mol. The van der Waals surface area contributed by atoms with Gasteiger partial charge in [-0.2, -0.15) is 0 Å². The summed E-state index contributed by atoms with van der Waals surface area (Å²) >= 11 is 0. The van der Waals surface area contributed by atoms with Crippen LogP contribution in [-0.4, -0.2) is 13.1 Å². The Labute approximate surface area is 123 Å². The molecule has 1 nitrogen and oxygen atoms in total. The van der Waals surface area contributed by atoms with E-state index < -0.39 is 0 Å². The molecule has 1 atom stereocenters. The molecule has 0 saturated heterocycles. The second-order valence-electron chi connectivity index (χ2n) is 5.88. The van der Waals surface area contributed by atoms with Gasteiger partial charge in [0.2, 0.25) is 0 Å². The molecule has 0 aliphatic carbocycles. The molecule has 0 radical (unpaired) electrons. The van der Waals surface area contributed by atoms with Crippen molar-refractivity contribution in [3.05, 3.63) is 48.9 Å². The Morgan fingerprint density at radius 1 is 1.44 bits per heavy atom. The molecule has 0 amide bonds. The fourth-order valence-electron chi connectivity index (χ4n) is 2.70. The third-order valence-electron chi connectivity index (χ3n) is 3.43. The van der Waals surface area contributed by atoms with Crippen LogP contribution in [0.3, 0.4) is 0 Å². The summed E-state index contributed by atoms with van der Waals surface area (Å²) in [6.07, 6.45) is 1.96. The van der Waals surface area contributed by atoms with Crippen LogP contribution in [0.25, 0.3) is 0 Å². The predicted octanol–water partition coefficient (Wildman–Crippen LogP) is 0.912. The van der Waals surface area contributed by atoms with Crippen molar-refractivity contribution in [3.63, 3.8) is 0 Å². The molecular weight excluding hydrogens is 213 g/mol. The number of hydrogen-bond acceptors (Lipinski definition) is 1. The molecule has 0 N–H and O–H groups in total. The Bertz CT molecular complexity index is 431. The average Bonchev–Trinajstić information content (AvgIpc) is 2.55. The first-order valence-electron chi connectivity index (χ1n) is 6.27. The number of fused-ring (bicyclic) bond motifs is 1. The zero-order valence-electron chi connectivity index (χ0n) is 12.2. The third kappa shape index (κ3) is 2.68. The largest absolute Gasteiger partial charge is 1.00 e. The van der Waals surface area contributed by atoms with Gasteiger partial charge in [0.05, 0.1) is 0 Å².